The number of nitrogens with one attached hydrogen (secondary N) is 4. The van der Waals surface area contributed by atoms with Gasteiger partial charge >= 0.3 is 0 Å². The van der Waals surface area contributed by atoms with E-state index in [1.807, 2.05) is 45.9 Å². The summed E-state index contributed by atoms with van der Waals surface area (Å²) in [5.41, 5.74) is 5.72. The Morgan fingerprint density at radius 3 is 2.28 bits per heavy atom. The minimum Gasteiger partial charge on any atom is -0.381 e. The van der Waals surface area contributed by atoms with Crippen LogP contribution < -0.4 is 27.0 Å². The minimum absolute atomic E-state index is 0.0410. The highest BCUT2D eigenvalue weighted by Crippen LogP contribution is 2.24. The van der Waals surface area contributed by atoms with Gasteiger partial charge in [-0.3, -0.25) is 19.2 Å². The van der Waals surface area contributed by atoms with Crippen molar-refractivity contribution < 1.29 is 28.7 Å². The number of hydrogen-bond donors (Lipinski definition) is 5. The van der Waals surface area contributed by atoms with Crippen LogP contribution in [-0.2, 0) is 40.2 Å². The van der Waals surface area contributed by atoms with Crippen LogP contribution in [0.2, 0.25) is 0 Å². The standard InChI is InChI=1S/C33H51N5O6S2/c1-5-23(4)28-30(42)38-32(19-34,20-39)21-46-18-25-8-6-7-24(16-25)17-45-14-9-27(40)37-33(10-12-44-13-11-33)31(43)35-26(15-22(2)3)29(41)36-28/h6-8,16,20,22-23,26,28H,5,9-15,17-19,21,34H2,1-4H3,(H,35,43)(H,36,41)(H,37,40)(H,38,42)/t23-,26-,28-,32-/m0/s1. The summed E-state index contributed by atoms with van der Waals surface area (Å²) in [6.07, 6.45) is 2.38. The third-order valence-corrected chi connectivity index (χ3v) is 10.9. The molecule has 11 nitrogen and oxygen atoms in total. The van der Waals surface area contributed by atoms with Gasteiger partial charge in [0.1, 0.15) is 29.4 Å². The number of fused-ring (bicyclic) bond motifs is 2. The largest absolute Gasteiger partial charge is 0.381 e. The summed E-state index contributed by atoms with van der Waals surface area (Å²) in [6.45, 7) is 8.14. The molecule has 1 aromatic carbocycles. The Kier molecular flexibility index (Phi) is 14.9. The fourth-order valence-corrected chi connectivity index (χ4v) is 7.54. The molecule has 2 aliphatic rings. The number of aldehydes is 1. The van der Waals surface area contributed by atoms with Crippen molar-refractivity contribution >= 4 is 53.4 Å². The number of nitrogens with two attached hydrogens (primary N) is 1. The van der Waals surface area contributed by atoms with E-state index in [9.17, 15) is 24.0 Å². The van der Waals surface area contributed by atoms with E-state index in [-0.39, 0.29) is 49.3 Å². The Morgan fingerprint density at radius 1 is 1.00 bits per heavy atom. The van der Waals surface area contributed by atoms with Gasteiger partial charge in [-0.05, 0) is 29.4 Å². The Balaban J connectivity index is 1.96. The van der Waals surface area contributed by atoms with Gasteiger partial charge in [0.25, 0.3) is 0 Å². The van der Waals surface area contributed by atoms with Crippen molar-refractivity contribution in [2.75, 3.05) is 31.3 Å². The second-order valence-corrected chi connectivity index (χ2v) is 14.9. The molecule has 1 saturated heterocycles. The summed E-state index contributed by atoms with van der Waals surface area (Å²) in [5.74, 6) is 0.234. The van der Waals surface area contributed by atoms with Crippen LogP contribution >= 0.6 is 23.5 Å². The van der Waals surface area contributed by atoms with Gasteiger partial charge in [-0.2, -0.15) is 23.5 Å². The van der Waals surface area contributed by atoms with Crippen LogP contribution in [0.25, 0.3) is 0 Å². The summed E-state index contributed by atoms with van der Waals surface area (Å²) in [5, 5.41) is 11.6. The monoisotopic (exact) mass is 677 g/mol. The average molecular weight is 678 g/mol. The number of amides is 4. The van der Waals surface area contributed by atoms with E-state index >= 15 is 0 Å². The van der Waals surface area contributed by atoms with E-state index in [1.54, 1.807) is 11.8 Å². The zero-order chi connectivity index (χ0) is 33.7. The maximum Gasteiger partial charge on any atom is 0.246 e. The second kappa shape index (κ2) is 18.1. The molecule has 2 bridgehead atoms. The van der Waals surface area contributed by atoms with Gasteiger partial charge < -0.3 is 36.5 Å². The van der Waals surface area contributed by atoms with Crippen LogP contribution in [0.5, 0.6) is 0 Å². The lowest BCUT2D eigenvalue weighted by Crippen LogP contribution is -2.65. The first-order valence-corrected chi connectivity index (χ1v) is 18.5. The number of thioether (sulfide) groups is 2. The average Bonchev–Trinajstić information content (AvgIpc) is 3.04. The molecule has 0 saturated carbocycles. The molecule has 1 fully saturated rings. The Bertz CT molecular complexity index is 1210. The van der Waals surface area contributed by atoms with E-state index in [2.05, 4.69) is 27.3 Å². The van der Waals surface area contributed by atoms with Crippen LogP contribution in [0.15, 0.2) is 24.3 Å². The number of hydrogen-bond acceptors (Lipinski definition) is 9. The van der Waals surface area contributed by atoms with E-state index in [1.165, 1.54) is 11.8 Å². The fourth-order valence-electron chi connectivity index (χ4n) is 5.51. The molecule has 256 valence electrons. The molecule has 6 N–H and O–H groups in total. The summed E-state index contributed by atoms with van der Waals surface area (Å²) >= 11 is 3.12. The normalized spacial score (nSPS) is 26.5. The highest BCUT2D eigenvalue weighted by Gasteiger charge is 2.43. The SMILES string of the molecule is CC[C@H](C)[C@@H]1NC(=O)[C@H](CC(C)C)NC(=O)C2(CCOCC2)NC(=O)CCSCc2cccc(c2)CSC[C@@](C=O)(CN)NC1=O. The number of benzene rings is 1. The maximum atomic E-state index is 13.9. The lowest BCUT2D eigenvalue weighted by atomic mass is 9.87. The van der Waals surface area contributed by atoms with Crippen molar-refractivity contribution in [2.24, 2.45) is 17.6 Å². The molecular weight excluding hydrogens is 627 g/mol. The molecule has 13 heteroatoms. The van der Waals surface area contributed by atoms with Crippen LogP contribution in [0.3, 0.4) is 0 Å². The zero-order valence-corrected chi connectivity index (χ0v) is 29.2. The quantitative estimate of drug-likeness (QED) is 0.284. The van der Waals surface area contributed by atoms with Crippen LogP contribution in [-0.4, -0.2) is 84.3 Å². The maximum absolute atomic E-state index is 13.9. The van der Waals surface area contributed by atoms with Crippen molar-refractivity contribution in [2.45, 2.75) is 94.5 Å². The first kappa shape index (κ1) is 37.8. The Morgan fingerprint density at radius 2 is 1.67 bits per heavy atom. The van der Waals surface area contributed by atoms with Gasteiger partial charge in [-0.15, -0.1) is 0 Å². The molecule has 0 aliphatic carbocycles. The zero-order valence-electron chi connectivity index (χ0n) is 27.5. The molecule has 0 unspecified atom stereocenters. The molecular formula is C33H51N5O6S2. The fraction of sp³-hybridized carbons (Fsp3) is 0.667. The van der Waals surface area contributed by atoms with E-state index < -0.39 is 40.9 Å². The molecule has 4 amide bonds. The van der Waals surface area contributed by atoms with E-state index in [0.29, 0.717) is 49.6 Å². The highest BCUT2D eigenvalue weighted by molar-refractivity contribution is 7.98. The van der Waals surface area contributed by atoms with Gasteiger partial charge in [-0.1, -0.05) is 58.4 Å². The third kappa shape index (κ3) is 10.7. The molecule has 2 heterocycles. The van der Waals surface area contributed by atoms with Gasteiger partial charge in [0.2, 0.25) is 23.6 Å². The molecule has 2 aliphatic heterocycles. The number of carbonyl (C=O) groups excluding carboxylic acids is 5. The molecule has 3 rings (SSSR count). The van der Waals surface area contributed by atoms with E-state index in [0.717, 1.165) is 11.1 Å². The van der Waals surface area contributed by atoms with Crippen molar-refractivity contribution in [3.05, 3.63) is 35.4 Å². The van der Waals surface area contributed by atoms with Crippen molar-refractivity contribution in [1.29, 1.82) is 0 Å². The van der Waals surface area contributed by atoms with Crippen molar-refractivity contribution in [1.82, 2.24) is 21.3 Å². The Labute approximate surface area is 281 Å². The predicted octanol–water partition coefficient (Wildman–Crippen LogP) is 2.30. The third-order valence-electron chi connectivity index (χ3n) is 8.61. The molecule has 0 radical (unpaired) electrons. The lowest BCUT2D eigenvalue weighted by Gasteiger charge is -2.38. The van der Waals surface area contributed by atoms with Crippen LogP contribution in [0.4, 0.5) is 0 Å². The number of ether oxygens (including phenoxy) is 1. The molecule has 1 spiro atoms. The topological polar surface area (TPSA) is 169 Å². The number of rotatable bonds is 6. The summed E-state index contributed by atoms with van der Waals surface area (Å²) < 4.78 is 5.53. The van der Waals surface area contributed by atoms with Crippen LogP contribution in [0.1, 0.15) is 70.9 Å². The Hall–Kier alpha value is -2.61. The molecule has 4 atom stereocenters. The van der Waals surface area contributed by atoms with Crippen LogP contribution in [0, 0.1) is 11.8 Å². The van der Waals surface area contributed by atoms with Gasteiger partial charge in [0.15, 0.2) is 0 Å². The van der Waals surface area contributed by atoms with Crippen molar-refractivity contribution in [3.8, 4) is 0 Å². The lowest BCUT2D eigenvalue weighted by molar-refractivity contribution is -0.140. The molecule has 1 aromatic rings. The number of carbonyl (C=O) groups is 5. The van der Waals surface area contributed by atoms with Gasteiger partial charge in [-0.25, -0.2) is 0 Å². The van der Waals surface area contributed by atoms with Gasteiger partial charge in [0.05, 0.1) is 0 Å². The highest BCUT2D eigenvalue weighted by atomic mass is 32.2. The first-order valence-electron chi connectivity index (χ1n) is 16.2. The summed E-state index contributed by atoms with van der Waals surface area (Å²) in [4.78, 5) is 67.0. The van der Waals surface area contributed by atoms with Crippen molar-refractivity contribution in [3.63, 3.8) is 0 Å². The molecule has 46 heavy (non-hydrogen) atoms. The first-order chi connectivity index (χ1) is 22.0. The predicted molar refractivity (Wildman–Crippen MR) is 183 cm³/mol. The second-order valence-electron chi connectivity index (χ2n) is 12.9. The summed E-state index contributed by atoms with van der Waals surface area (Å²) in [6, 6.07) is 6.20. The minimum atomic E-state index is -1.32. The van der Waals surface area contributed by atoms with E-state index in [4.69, 9.17) is 10.5 Å². The summed E-state index contributed by atoms with van der Waals surface area (Å²) in [7, 11) is 0. The molecule has 0 aromatic heterocycles. The smallest absolute Gasteiger partial charge is 0.246 e. The van der Waals surface area contributed by atoms with Gasteiger partial charge in [0, 0.05) is 62.0 Å².